The Morgan fingerprint density at radius 2 is 2.12 bits per heavy atom. The van der Waals surface area contributed by atoms with Gasteiger partial charge in [-0.05, 0) is 54.8 Å². The fraction of sp³-hybridized carbons (Fsp3) is 0.158. The number of halogens is 1. The van der Waals surface area contributed by atoms with Crippen LogP contribution < -0.4 is 10.1 Å². The molecule has 0 saturated heterocycles. The molecule has 1 heterocycles. The zero-order valence-corrected chi connectivity index (χ0v) is 14.4. The van der Waals surface area contributed by atoms with Gasteiger partial charge in [-0.2, -0.15) is 5.10 Å². The van der Waals surface area contributed by atoms with Gasteiger partial charge >= 0.3 is 0 Å². The van der Waals surface area contributed by atoms with Gasteiger partial charge in [0.05, 0.1) is 12.8 Å². The number of ether oxygens (including phenoxy) is 1. The van der Waals surface area contributed by atoms with E-state index in [1.165, 1.54) is 5.56 Å². The van der Waals surface area contributed by atoms with Crippen molar-refractivity contribution in [2.45, 2.75) is 12.8 Å². The van der Waals surface area contributed by atoms with Crippen molar-refractivity contribution in [2.24, 2.45) is 0 Å². The molecule has 2 aromatic carbocycles. The molecule has 3 aromatic rings. The van der Waals surface area contributed by atoms with Crippen LogP contribution in [0.4, 0.5) is 5.69 Å². The third-order valence-corrected chi connectivity index (χ3v) is 4.62. The van der Waals surface area contributed by atoms with Crippen LogP contribution in [0, 0.1) is 0 Å². The van der Waals surface area contributed by atoms with E-state index in [1.807, 2.05) is 18.2 Å². The summed E-state index contributed by atoms with van der Waals surface area (Å²) in [7, 11) is 1.66. The number of methoxy groups -OCH3 is 1. The highest BCUT2D eigenvalue weighted by Gasteiger charge is 2.25. The predicted octanol–water partition coefficient (Wildman–Crippen LogP) is 4.09. The van der Waals surface area contributed by atoms with Crippen molar-refractivity contribution in [2.75, 3.05) is 12.4 Å². The number of hydrogen-bond acceptors (Lipinski definition) is 3. The maximum atomic E-state index is 12.6. The molecule has 1 amide bonds. The largest absolute Gasteiger partial charge is 0.497 e. The van der Waals surface area contributed by atoms with Crippen LogP contribution >= 0.6 is 11.6 Å². The number of benzene rings is 2. The molecule has 0 spiro atoms. The normalized spacial score (nSPS) is 12.2. The maximum Gasteiger partial charge on any atom is 0.273 e. The first-order valence-electron chi connectivity index (χ1n) is 7.97. The van der Waals surface area contributed by atoms with E-state index >= 15 is 0 Å². The van der Waals surface area contributed by atoms with E-state index in [-0.39, 0.29) is 5.91 Å². The summed E-state index contributed by atoms with van der Waals surface area (Å²) in [5.74, 6) is 0.615. The SMILES string of the molecule is COc1ccc2c(c1)CCc1c-2n[nH]c1C(=O)Nc1cccc(Cl)c1. The molecular weight excluding hydrogens is 338 g/mol. The number of fused-ring (bicyclic) bond motifs is 3. The van der Waals surface area contributed by atoms with Crippen LogP contribution in [0.2, 0.25) is 5.02 Å². The minimum absolute atomic E-state index is 0.215. The van der Waals surface area contributed by atoms with Crippen molar-refractivity contribution in [3.8, 4) is 17.0 Å². The Morgan fingerprint density at radius 1 is 1.24 bits per heavy atom. The summed E-state index contributed by atoms with van der Waals surface area (Å²) in [6, 6.07) is 13.0. The Bertz CT molecular complexity index is 965. The molecule has 0 atom stereocenters. The van der Waals surface area contributed by atoms with Gasteiger partial charge in [-0.1, -0.05) is 17.7 Å². The first-order valence-corrected chi connectivity index (χ1v) is 8.35. The molecule has 1 aromatic heterocycles. The topological polar surface area (TPSA) is 67.0 Å². The standard InChI is InChI=1S/C19H16ClN3O2/c1-25-14-6-8-15-11(9-14)5-7-16-17(15)22-23-18(16)19(24)21-13-4-2-3-12(20)10-13/h2-4,6,8-10H,5,7H2,1H3,(H,21,24)(H,22,23). The first-order chi connectivity index (χ1) is 12.2. The number of aromatic amines is 1. The Balaban J connectivity index is 1.66. The smallest absolute Gasteiger partial charge is 0.273 e. The summed E-state index contributed by atoms with van der Waals surface area (Å²) in [6.45, 7) is 0. The van der Waals surface area contributed by atoms with Gasteiger partial charge < -0.3 is 10.1 Å². The van der Waals surface area contributed by atoms with E-state index in [4.69, 9.17) is 16.3 Å². The second kappa shape index (κ2) is 6.26. The number of carbonyl (C=O) groups excluding carboxylic acids is 1. The van der Waals surface area contributed by atoms with Gasteiger partial charge in [-0.15, -0.1) is 0 Å². The van der Waals surface area contributed by atoms with Crippen molar-refractivity contribution in [3.63, 3.8) is 0 Å². The average molecular weight is 354 g/mol. The number of amides is 1. The summed E-state index contributed by atoms with van der Waals surface area (Å²) in [6.07, 6.45) is 1.60. The van der Waals surface area contributed by atoms with Gasteiger partial charge in [-0.3, -0.25) is 9.89 Å². The number of rotatable bonds is 3. The predicted molar refractivity (Wildman–Crippen MR) is 97.4 cm³/mol. The molecule has 6 heteroatoms. The van der Waals surface area contributed by atoms with Gasteiger partial charge in [0.25, 0.3) is 5.91 Å². The quantitative estimate of drug-likeness (QED) is 0.745. The van der Waals surface area contributed by atoms with Crippen molar-refractivity contribution in [1.29, 1.82) is 0 Å². The molecule has 5 nitrogen and oxygen atoms in total. The molecule has 0 saturated carbocycles. The lowest BCUT2D eigenvalue weighted by Gasteiger charge is -2.17. The first kappa shape index (κ1) is 15.7. The number of aryl methyl sites for hydroxylation is 1. The van der Waals surface area contributed by atoms with Crippen molar-refractivity contribution >= 4 is 23.2 Å². The highest BCUT2D eigenvalue weighted by atomic mass is 35.5. The Morgan fingerprint density at radius 3 is 2.92 bits per heavy atom. The van der Waals surface area contributed by atoms with Gasteiger partial charge in [0.2, 0.25) is 0 Å². The molecule has 0 radical (unpaired) electrons. The average Bonchev–Trinajstić information content (AvgIpc) is 3.05. The van der Waals surface area contributed by atoms with Gasteiger partial charge in [0.15, 0.2) is 0 Å². The van der Waals surface area contributed by atoms with E-state index in [0.29, 0.717) is 16.4 Å². The second-order valence-corrected chi connectivity index (χ2v) is 6.35. The van der Waals surface area contributed by atoms with Crippen LogP contribution in [0.1, 0.15) is 21.6 Å². The highest BCUT2D eigenvalue weighted by Crippen LogP contribution is 2.35. The van der Waals surface area contributed by atoms with Crippen LogP contribution in [0.3, 0.4) is 0 Å². The van der Waals surface area contributed by atoms with Gasteiger partial charge in [0.1, 0.15) is 11.4 Å². The minimum Gasteiger partial charge on any atom is -0.497 e. The molecule has 0 fully saturated rings. The van der Waals surface area contributed by atoms with Gasteiger partial charge in [-0.25, -0.2) is 0 Å². The number of aromatic nitrogens is 2. The number of hydrogen-bond donors (Lipinski definition) is 2. The zero-order chi connectivity index (χ0) is 17.4. The summed E-state index contributed by atoms with van der Waals surface area (Å²) < 4.78 is 5.28. The van der Waals surface area contributed by atoms with Crippen molar-refractivity contribution in [3.05, 3.63) is 64.3 Å². The maximum absolute atomic E-state index is 12.6. The molecule has 1 aliphatic carbocycles. The summed E-state index contributed by atoms with van der Waals surface area (Å²) in [5.41, 5.74) is 5.15. The van der Waals surface area contributed by atoms with Crippen LogP contribution in [0.5, 0.6) is 5.75 Å². The lowest BCUT2D eigenvalue weighted by molar-refractivity contribution is 0.102. The van der Waals surface area contributed by atoms with E-state index in [2.05, 4.69) is 15.5 Å². The number of carbonyl (C=O) groups is 1. The monoisotopic (exact) mass is 353 g/mol. The Labute approximate surface area is 150 Å². The molecular formula is C19H16ClN3O2. The van der Waals surface area contributed by atoms with Gasteiger partial charge in [0, 0.05) is 21.8 Å². The summed E-state index contributed by atoms with van der Waals surface area (Å²) in [4.78, 5) is 12.6. The minimum atomic E-state index is -0.215. The lowest BCUT2D eigenvalue weighted by Crippen LogP contribution is -2.15. The fourth-order valence-corrected chi connectivity index (χ4v) is 3.36. The molecule has 0 unspecified atom stereocenters. The van der Waals surface area contributed by atoms with E-state index in [1.54, 1.807) is 31.4 Å². The van der Waals surface area contributed by atoms with E-state index < -0.39 is 0 Å². The zero-order valence-electron chi connectivity index (χ0n) is 13.6. The molecule has 1 aliphatic rings. The van der Waals surface area contributed by atoms with Crippen LogP contribution in [0.25, 0.3) is 11.3 Å². The summed E-state index contributed by atoms with van der Waals surface area (Å²) in [5, 5.41) is 10.7. The lowest BCUT2D eigenvalue weighted by atomic mass is 9.89. The third kappa shape index (κ3) is 2.87. The summed E-state index contributed by atoms with van der Waals surface area (Å²) >= 11 is 5.97. The number of anilines is 1. The molecule has 2 N–H and O–H groups in total. The van der Waals surface area contributed by atoms with E-state index in [0.717, 1.165) is 35.4 Å². The molecule has 0 aliphatic heterocycles. The molecule has 25 heavy (non-hydrogen) atoms. The molecule has 4 rings (SSSR count). The highest BCUT2D eigenvalue weighted by molar-refractivity contribution is 6.31. The van der Waals surface area contributed by atoms with Crippen molar-refractivity contribution in [1.82, 2.24) is 10.2 Å². The van der Waals surface area contributed by atoms with Crippen LogP contribution in [-0.4, -0.2) is 23.2 Å². The number of H-pyrrole nitrogens is 1. The Kier molecular flexibility index (Phi) is 3.93. The van der Waals surface area contributed by atoms with E-state index in [9.17, 15) is 4.79 Å². The number of nitrogens with one attached hydrogen (secondary N) is 2. The van der Waals surface area contributed by atoms with Crippen LogP contribution in [-0.2, 0) is 12.8 Å². The second-order valence-electron chi connectivity index (χ2n) is 5.91. The Hall–Kier alpha value is -2.79. The fourth-order valence-electron chi connectivity index (χ4n) is 3.17. The molecule has 0 bridgehead atoms. The third-order valence-electron chi connectivity index (χ3n) is 4.39. The number of nitrogens with zero attached hydrogens (tertiary/aromatic N) is 1. The van der Waals surface area contributed by atoms with Crippen LogP contribution in [0.15, 0.2) is 42.5 Å². The van der Waals surface area contributed by atoms with Crippen molar-refractivity contribution < 1.29 is 9.53 Å². The molecule has 126 valence electrons.